The van der Waals surface area contributed by atoms with Crippen LogP contribution in [0.2, 0.25) is 0 Å². The summed E-state index contributed by atoms with van der Waals surface area (Å²) in [6, 6.07) is 7.60. The number of carbonyl (C=O) groups excluding carboxylic acids is 1. The molecule has 1 saturated heterocycles. The van der Waals surface area contributed by atoms with Crippen molar-refractivity contribution in [1.29, 1.82) is 0 Å². The predicted molar refractivity (Wildman–Crippen MR) is 85.9 cm³/mol. The van der Waals surface area contributed by atoms with Crippen molar-refractivity contribution in [2.24, 2.45) is 0 Å². The van der Waals surface area contributed by atoms with E-state index in [1.165, 1.54) is 11.3 Å². The number of nitrogens with one attached hydrogen (secondary N) is 1. The maximum Gasteiger partial charge on any atom is 0.261 e. The van der Waals surface area contributed by atoms with Gasteiger partial charge in [-0.25, -0.2) is 0 Å². The van der Waals surface area contributed by atoms with Crippen molar-refractivity contribution in [1.82, 2.24) is 5.32 Å². The summed E-state index contributed by atoms with van der Waals surface area (Å²) in [5.41, 5.74) is 0. The molecule has 1 amide bonds. The lowest BCUT2D eigenvalue weighted by Gasteiger charge is -2.30. The first-order valence-corrected chi connectivity index (χ1v) is 8.02. The van der Waals surface area contributed by atoms with Gasteiger partial charge in [0, 0.05) is 18.4 Å². The summed E-state index contributed by atoms with van der Waals surface area (Å²) in [4.78, 5) is 13.1. The van der Waals surface area contributed by atoms with Crippen LogP contribution in [0.1, 0.15) is 16.1 Å². The summed E-state index contributed by atoms with van der Waals surface area (Å²) < 4.78 is 17.1. The van der Waals surface area contributed by atoms with Gasteiger partial charge in [0.2, 0.25) is 0 Å². The molecule has 1 aromatic carbocycles. The number of ether oxygens (including phenoxy) is 3. The van der Waals surface area contributed by atoms with E-state index in [0.29, 0.717) is 18.1 Å². The molecule has 1 aliphatic heterocycles. The Bertz CT molecular complexity index is 669. The molecule has 0 radical (unpaired) electrons. The zero-order valence-corrected chi connectivity index (χ0v) is 13.4. The fourth-order valence-electron chi connectivity index (χ4n) is 2.62. The Hall–Kier alpha value is -1.63. The molecule has 6 heteroatoms. The second kappa shape index (κ2) is 6.64. The van der Waals surface area contributed by atoms with E-state index >= 15 is 0 Å². The van der Waals surface area contributed by atoms with E-state index in [4.69, 9.17) is 14.2 Å². The van der Waals surface area contributed by atoms with Gasteiger partial charge in [0.05, 0.1) is 30.7 Å². The number of fused-ring (bicyclic) bond motifs is 1. The minimum absolute atomic E-state index is 0.00664. The highest BCUT2D eigenvalue weighted by Crippen LogP contribution is 2.29. The van der Waals surface area contributed by atoms with Crippen molar-refractivity contribution >= 4 is 27.3 Å². The number of rotatable bonds is 4. The van der Waals surface area contributed by atoms with Gasteiger partial charge >= 0.3 is 0 Å². The van der Waals surface area contributed by atoms with E-state index in [1.807, 2.05) is 24.3 Å². The molecule has 3 rings (SSSR count). The Morgan fingerprint density at radius 1 is 1.36 bits per heavy atom. The fraction of sp³-hybridized carbons (Fsp3) is 0.438. The Labute approximate surface area is 133 Å². The second-order valence-corrected chi connectivity index (χ2v) is 6.32. The van der Waals surface area contributed by atoms with Gasteiger partial charge in [-0.1, -0.05) is 0 Å². The van der Waals surface area contributed by atoms with Gasteiger partial charge in [0.15, 0.2) is 0 Å². The molecule has 0 saturated carbocycles. The van der Waals surface area contributed by atoms with Crippen LogP contribution in [0.15, 0.2) is 24.3 Å². The molecule has 0 bridgehead atoms. The Kier molecular flexibility index (Phi) is 4.61. The third-order valence-electron chi connectivity index (χ3n) is 3.86. The maximum absolute atomic E-state index is 12.5. The lowest BCUT2D eigenvalue weighted by molar-refractivity contribution is -0.0348. The first kappa shape index (κ1) is 15.3. The summed E-state index contributed by atoms with van der Waals surface area (Å²) >= 11 is 1.46. The first-order chi connectivity index (χ1) is 10.7. The van der Waals surface area contributed by atoms with Crippen molar-refractivity contribution in [2.75, 3.05) is 27.4 Å². The largest absolute Gasteiger partial charge is 0.497 e. The zero-order chi connectivity index (χ0) is 15.5. The number of carbonyl (C=O) groups is 1. The van der Waals surface area contributed by atoms with Crippen LogP contribution in [-0.2, 0) is 9.47 Å². The highest BCUT2D eigenvalue weighted by molar-refractivity contribution is 7.20. The standard InChI is InChI=1S/C16H19NO4S/c1-19-11-4-3-10-7-15(22-14(10)8-11)16(18)17-12-9-21-6-5-13(12)20-2/h3-4,7-8,12-13H,5-6,9H2,1-2H3,(H,17,18)/t12-,13-/m1/s1. The van der Waals surface area contributed by atoms with Gasteiger partial charge in [-0.05, 0) is 36.1 Å². The van der Waals surface area contributed by atoms with E-state index in [0.717, 1.165) is 22.3 Å². The number of amides is 1. The van der Waals surface area contributed by atoms with E-state index in [2.05, 4.69) is 5.32 Å². The van der Waals surface area contributed by atoms with Crippen molar-refractivity contribution in [3.8, 4) is 5.75 Å². The average molecular weight is 321 g/mol. The highest BCUT2D eigenvalue weighted by atomic mass is 32.1. The smallest absolute Gasteiger partial charge is 0.261 e. The van der Waals surface area contributed by atoms with Crippen LogP contribution in [0.25, 0.3) is 10.1 Å². The van der Waals surface area contributed by atoms with Crippen molar-refractivity contribution in [3.05, 3.63) is 29.1 Å². The lowest BCUT2D eigenvalue weighted by atomic mass is 10.1. The van der Waals surface area contributed by atoms with E-state index in [1.54, 1.807) is 14.2 Å². The molecule has 0 spiro atoms. The zero-order valence-electron chi connectivity index (χ0n) is 12.6. The van der Waals surface area contributed by atoms with E-state index in [9.17, 15) is 4.79 Å². The molecule has 1 N–H and O–H groups in total. The van der Waals surface area contributed by atoms with Gasteiger partial charge in [0.1, 0.15) is 5.75 Å². The molecule has 118 valence electrons. The molecular formula is C16H19NO4S. The SMILES string of the molecule is COc1ccc2cc(C(=O)N[C@@H]3COCC[C@H]3OC)sc2c1. The number of benzene rings is 1. The van der Waals surface area contributed by atoms with Crippen LogP contribution in [0.3, 0.4) is 0 Å². The normalized spacial score (nSPS) is 21.7. The third kappa shape index (κ3) is 3.09. The molecule has 1 fully saturated rings. The van der Waals surface area contributed by atoms with Crippen LogP contribution in [0.4, 0.5) is 0 Å². The number of thiophene rings is 1. The molecule has 2 aromatic rings. The van der Waals surface area contributed by atoms with Crippen LogP contribution >= 0.6 is 11.3 Å². The molecule has 0 unspecified atom stereocenters. The molecule has 1 aliphatic rings. The quantitative estimate of drug-likeness (QED) is 0.940. The Balaban J connectivity index is 1.76. The molecule has 0 aliphatic carbocycles. The Morgan fingerprint density at radius 2 is 2.23 bits per heavy atom. The van der Waals surface area contributed by atoms with Crippen molar-refractivity contribution in [2.45, 2.75) is 18.6 Å². The summed E-state index contributed by atoms with van der Waals surface area (Å²) in [5, 5.41) is 4.06. The van der Waals surface area contributed by atoms with Crippen LogP contribution < -0.4 is 10.1 Å². The summed E-state index contributed by atoms with van der Waals surface area (Å²) in [6.07, 6.45) is 0.803. The first-order valence-electron chi connectivity index (χ1n) is 7.20. The van der Waals surface area contributed by atoms with Crippen LogP contribution in [0.5, 0.6) is 5.75 Å². The number of hydrogen-bond donors (Lipinski definition) is 1. The van der Waals surface area contributed by atoms with E-state index < -0.39 is 0 Å². The van der Waals surface area contributed by atoms with Gasteiger partial charge in [-0.15, -0.1) is 11.3 Å². The van der Waals surface area contributed by atoms with Crippen molar-refractivity contribution < 1.29 is 19.0 Å². The van der Waals surface area contributed by atoms with Crippen molar-refractivity contribution in [3.63, 3.8) is 0 Å². The molecule has 5 nitrogen and oxygen atoms in total. The van der Waals surface area contributed by atoms with Gasteiger partial charge in [-0.2, -0.15) is 0 Å². The lowest BCUT2D eigenvalue weighted by Crippen LogP contribution is -2.50. The molecule has 2 atom stereocenters. The number of hydrogen-bond acceptors (Lipinski definition) is 5. The minimum Gasteiger partial charge on any atom is -0.497 e. The molecule has 2 heterocycles. The summed E-state index contributed by atoms with van der Waals surface area (Å²) in [6.45, 7) is 1.16. The van der Waals surface area contributed by atoms with E-state index in [-0.39, 0.29) is 18.1 Å². The van der Waals surface area contributed by atoms with Gasteiger partial charge in [-0.3, -0.25) is 4.79 Å². The fourth-order valence-corrected chi connectivity index (χ4v) is 3.62. The second-order valence-electron chi connectivity index (χ2n) is 5.23. The molecule has 22 heavy (non-hydrogen) atoms. The van der Waals surface area contributed by atoms with Gasteiger partial charge in [0.25, 0.3) is 5.91 Å². The van der Waals surface area contributed by atoms with Gasteiger partial charge < -0.3 is 19.5 Å². The van der Waals surface area contributed by atoms with Crippen LogP contribution in [-0.4, -0.2) is 45.5 Å². The average Bonchev–Trinajstić information content (AvgIpc) is 2.98. The third-order valence-corrected chi connectivity index (χ3v) is 4.96. The maximum atomic E-state index is 12.5. The highest BCUT2D eigenvalue weighted by Gasteiger charge is 2.27. The molecule has 1 aromatic heterocycles. The summed E-state index contributed by atoms with van der Waals surface area (Å²) in [5.74, 6) is 0.708. The Morgan fingerprint density at radius 3 is 3.00 bits per heavy atom. The molecular weight excluding hydrogens is 302 g/mol. The topological polar surface area (TPSA) is 56.8 Å². The predicted octanol–water partition coefficient (Wildman–Crippen LogP) is 2.44. The minimum atomic E-state index is -0.106. The number of methoxy groups -OCH3 is 2. The monoisotopic (exact) mass is 321 g/mol. The summed E-state index contributed by atoms with van der Waals surface area (Å²) in [7, 11) is 3.30. The van der Waals surface area contributed by atoms with Crippen LogP contribution in [0, 0.1) is 0 Å².